The number of ether oxygens (including phenoxy) is 2. The molecule has 23 nitrogen and oxygen atoms in total. The van der Waals surface area contributed by atoms with Crippen LogP contribution in [0.4, 0.5) is 5.69 Å². The summed E-state index contributed by atoms with van der Waals surface area (Å²) in [6.45, 7) is 9.46. The van der Waals surface area contributed by atoms with Gasteiger partial charge in [-0.15, -0.1) is 5.10 Å². The SMILES string of the molecule is CC(C)[C@H](NC(=O)CC(c1cn(CCCS(=O)(=O)O)nn1)N1C(=O)C=CC1=O)C(=O)N[C@@H](C)C(=O)Nc1ccc(COC(=O)C(C)(C)C)c(CC[C@@H]2O[C@H](C(=O)O)[C@@H](O)[C@H](O)[C@H]2O)c1. The van der Waals surface area contributed by atoms with Crippen LogP contribution in [0.25, 0.3) is 0 Å². The van der Waals surface area contributed by atoms with Gasteiger partial charge in [0.1, 0.15) is 42.7 Å². The highest BCUT2D eigenvalue weighted by molar-refractivity contribution is 7.85. The largest absolute Gasteiger partial charge is 0.479 e. The fourth-order valence-electron chi connectivity index (χ4n) is 6.72. The fourth-order valence-corrected chi connectivity index (χ4v) is 7.22. The van der Waals surface area contributed by atoms with E-state index in [0.717, 1.165) is 17.1 Å². The Balaban J connectivity index is 1.45. The summed E-state index contributed by atoms with van der Waals surface area (Å²) >= 11 is 0. The fraction of sp³-hybridized carbons (Fsp3) is 0.575. The van der Waals surface area contributed by atoms with Gasteiger partial charge in [0.15, 0.2) is 6.10 Å². The highest BCUT2D eigenvalue weighted by Crippen LogP contribution is 2.29. The average Bonchev–Trinajstić information content (AvgIpc) is 3.81. The van der Waals surface area contributed by atoms with Gasteiger partial charge < -0.3 is 45.9 Å². The summed E-state index contributed by atoms with van der Waals surface area (Å²) in [5.41, 5.74) is 0.381. The molecule has 0 radical (unpaired) electrons. The van der Waals surface area contributed by atoms with E-state index in [2.05, 4.69) is 26.3 Å². The van der Waals surface area contributed by atoms with Gasteiger partial charge in [-0.1, -0.05) is 25.1 Å². The van der Waals surface area contributed by atoms with Gasteiger partial charge in [-0.2, -0.15) is 8.42 Å². The van der Waals surface area contributed by atoms with E-state index in [0.29, 0.717) is 11.1 Å². The van der Waals surface area contributed by atoms with Crippen molar-refractivity contribution in [2.45, 2.75) is 129 Å². The maximum absolute atomic E-state index is 13.6. The van der Waals surface area contributed by atoms with E-state index >= 15 is 0 Å². The van der Waals surface area contributed by atoms with Gasteiger partial charge in [0.25, 0.3) is 21.9 Å². The van der Waals surface area contributed by atoms with Gasteiger partial charge >= 0.3 is 11.9 Å². The predicted octanol–water partition coefficient (Wildman–Crippen LogP) is -0.847. The molecule has 0 spiro atoms. The number of aliphatic hydroxyl groups excluding tert-OH is 3. The highest BCUT2D eigenvalue weighted by Gasteiger charge is 2.46. The maximum atomic E-state index is 13.6. The number of carboxylic acid groups (broad SMARTS) is 1. The molecule has 1 aromatic carbocycles. The second-order valence-electron chi connectivity index (χ2n) is 16.9. The number of nitrogens with zero attached hydrogens (tertiary/aromatic N) is 4. The number of hydrogen-bond donors (Lipinski definition) is 8. The van der Waals surface area contributed by atoms with Crippen LogP contribution in [0.2, 0.25) is 0 Å². The lowest BCUT2D eigenvalue weighted by Gasteiger charge is -2.39. The summed E-state index contributed by atoms with van der Waals surface area (Å²) in [5, 5.41) is 56.1. The summed E-state index contributed by atoms with van der Waals surface area (Å²) in [4.78, 5) is 90.9. The summed E-state index contributed by atoms with van der Waals surface area (Å²) in [6, 6.07) is 0.931. The van der Waals surface area contributed by atoms with Crippen LogP contribution in [0.5, 0.6) is 0 Å². The topological polar surface area (TPSA) is 343 Å². The van der Waals surface area contributed by atoms with Crippen molar-refractivity contribution in [3.8, 4) is 0 Å². The number of benzene rings is 1. The molecule has 352 valence electrons. The average molecular weight is 922 g/mol. The predicted molar refractivity (Wildman–Crippen MR) is 221 cm³/mol. The van der Waals surface area contributed by atoms with Gasteiger partial charge in [0.05, 0.1) is 35.9 Å². The molecule has 1 unspecified atom stereocenters. The van der Waals surface area contributed by atoms with Crippen molar-refractivity contribution in [3.05, 3.63) is 53.4 Å². The summed E-state index contributed by atoms with van der Waals surface area (Å²) < 4.78 is 43.4. The smallest absolute Gasteiger partial charge is 0.335 e. The van der Waals surface area contributed by atoms with E-state index < -0.39 is 124 Å². The minimum absolute atomic E-state index is 0.00985. The number of carbonyl (C=O) groups is 7. The Labute approximate surface area is 368 Å². The zero-order chi connectivity index (χ0) is 47.8. The molecule has 64 heavy (non-hydrogen) atoms. The molecular formula is C40H55N7O16S. The Kier molecular flexibility index (Phi) is 17.0. The first-order chi connectivity index (χ1) is 29.8. The molecule has 2 aromatic rings. The zero-order valence-electron chi connectivity index (χ0n) is 36.0. The number of rotatable bonds is 20. The van der Waals surface area contributed by atoms with E-state index in [1.807, 2.05) is 0 Å². The Morgan fingerprint density at radius 3 is 2.19 bits per heavy atom. The zero-order valence-corrected chi connectivity index (χ0v) is 36.9. The minimum Gasteiger partial charge on any atom is -0.479 e. The number of amides is 5. The Morgan fingerprint density at radius 1 is 0.938 bits per heavy atom. The number of nitrogens with one attached hydrogen (secondary N) is 3. The summed E-state index contributed by atoms with van der Waals surface area (Å²) in [6.07, 6.45) is -5.65. The number of aliphatic carboxylic acids is 1. The lowest BCUT2D eigenvalue weighted by molar-refractivity contribution is -0.228. The third kappa shape index (κ3) is 13.7. The molecule has 0 saturated carbocycles. The first kappa shape index (κ1) is 51.0. The maximum Gasteiger partial charge on any atom is 0.335 e. The van der Waals surface area contributed by atoms with Crippen molar-refractivity contribution in [1.29, 1.82) is 0 Å². The van der Waals surface area contributed by atoms with E-state index in [4.69, 9.17) is 14.0 Å². The van der Waals surface area contributed by atoms with Gasteiger partial charge in [0, 0.05) is 24.4 Å². The number of aromatic nitrogens is 3. The Morgan fingerprint density at radius 2 is 1.59 bits per heavy atom. The number of carbonyl (C=O) groups excluding carboxylic acids is 6. The number of anilines is 1. The van der Waals surface area contributed by atoms with Crippen LogP contribution in [0.1, 0.15) is 83.7 Å². The molecule has 2 aliphatic heterocycles. The summed E-state index contributed by atoms with van der Waals surface area (Å²) in [5.74, 6) is -6.84. The second-order valence-corrected chi connectivity index (χ2v) is 18.5. The van der Waals surface area contributed by atoms with E-state index in [1.54, 1.807) is 46.8 Å². The number of aliphatic hydroxyl groups is 3. The van der Waals surface area contributed by atoms with Crippen LogP contribution in [0.15, 0.2) is 36.5 Å². The van der Waals surface area contributed by atoms with Crippen LogP contribution in [0.3, 0.4) is 0 Å². The molecule has 5 amide bonds. The van der Waals surface area contributed by atoms with E-state index in [-0.39, 0.29) is 43.8 Å². The van der Waals surface area contributed by atoms with E-state index in [9.17, 15) is 62.4 Å². The van der Waals surface area contributed by atoms with Crippen LogP contribution < -0.4 is 16.0 Å². The normalized spacial score (nSPS) is 21.6. The molecule has 8 N–H and O–H groups in total. The van der Waals surface area contributed by atoms with Crippen LogP contribution in [0, 0.1) is 11.3 Å². The molecule has 1 saturated heterocycles. The van der Waals surface area contributed by atoms with Crippen molar-refractivity contribution in [2.24, 2.45) is 11.3 Å². The molecule has 3 heterocycles. The first-order valence-electron chi connectivity index (χ1n) is 20.3. The molecule has 8 atom stereocenters. The van der Waals surface area contributed by atoms with Crippen molar-refractivity contribution in [2.75, 3.05) is 11.1 Å². The van der Waals surface area contributed by atoms with Crippen molar-refractivity contribution >= 4 is 57.3 Å². The number of carboxylic acids is 1. The number of aryl methyl sites for hydroxylation is 2. The standard InChI is InChI=1S/C40H55N7O16S/c1-20(2)31(43-28(48)17-26(47-29(49)12-13-30(47)50)25-18-46(45-44-25)14-7-15-64(59,60)61)37(55)41-21(3)36(54)42-24-10-8-23(19-62-39(58)40(4,5)6)22(16-24)9-11-27-32(51)33(52)34(53)35(63-27)38(56)57/h8,10,12-13,16,18,20-21,26-27,31-35,51-53H,7,9,11,14-15,17,19H2,1-6H3,(H,41,55)(H,42,54)(H,43,48)(H,56,57)(H,59,60,61)/t21-,26?,27-,31-,32-,33+,34-,35-/m0/s1. The molecule has 4 rings (SSSR count). The van der Waals surface area contributed by atoms with Crippen LogP contribution in [-0.2, 0) is 72.7 Å². The third-order valence-electron chi connectivity index (χ3n) is 10.3. The molecule has 24 heteroatoms. The highest BCUT2D eigenvalue weighted by atomic mass is 32.2. The minimum atomic E-state index is -4.25. The molecule has 0 aliphatic carbocycles. The summed E-state index contributed by atoms with van der Waals surface area (Å²) in [7, 11) is -4.25. The quantitative estimate of drug-likeness (QED) is 0.0456. The van der Waals surface area contributed by atoms with Crippen LogP contribution >= 0.6 is 0 Å². The lowest BCUT2D eigenvalue weighted by Crippen LogP contribution is -2.59. The van der Waals surface area contributed by atoms with Crippen molar-refractivity contribution < 1.29 is 76.4 Å². The molecule has 1 fully saturated rings. The lowest BCUT2D eigenvalue weighted by atomic mass is 9.91. The van der Waals surface area contributed by atoms with Gasteiger partial charge in [-0.3, -0.25) is 42.9 Å². The van der Waals surface area contributed by atoms with Crippen molar-refractivity contribution in [3.63, 3.8) is 0 Å². The number of esters is 1. The van der Waals surface area contributed by atoms with E-state index in [1.165, 1.54) is 23.9 Å². The Hall–Kier alpha value is -5.66. The number of imide groups is 1. The van der Waals surface area contributed by atoms with Gasteiger partial charge in [-0.05, 0) is 76.1 Å². The third-order valence-corrected chi connectivity index (χ3v) is 11.1. The first-order valence-corrected chi connectivity index (χ1v) is 21.9. The molecule has 0 bridgehead atoms. The molecule has 1 aromatic heterocycles. The molecular weight excluding hydrogens is 867 g/mol. The molecule has 2 aliphatic rings. The monoisotopic (exact) mass is 921 g/mol. The van der Waals surface area contributed by atoms with Crippen LogP contribution in [-0.4, -0.2) is 143 Å². The Bertz CT molecular complexity index is 2200. The number of hydrogen-bond acceptors (Lipinski definition) is 16. The van der Waals surface area contributed by atoms with Crippen molar-refractivity contribution in [1.82, 2.24) is 30.5 Å². The van der Waals surface area contributed by atoms with Gasteiger partial charge in [0.2, 0.25) is 17.7 Å². The van der Waals surface area contributed by atoms with Gasteiger partial charge in [-0.25, -0.2) is 4.79 Å². The second kappa shape index (κ2) is 21.3.